The van der Waals surface area contributed by atoms with Gasteiger partial charge in [0, 0.05) is 25.4 Å². The van der Waals surface area contributed by atoms with Crippen LogP contribution in [0.25, 0.3) is 11.0 Å². The smallest absolute Gasteiger partial charge is 0.316 e. The van der Waals surface area contributed by atoms with Crippen molar-refractivity contribution in [1.82, 2.24) is 19.9 Å². The van der Waals surface area contributed by atoms with Gasteiger partial charge in [0.15, 0.2) is 0 Å². The lowest BCUT2D eigenvalue weighted by Crippen LogP contribution is -2.34. The van der Waals surface area contributed by atoms with E-state index < -0.39 is 0 Å². The zero-order valence-electron chi connectivity index (χ0n) is 10.5. The third-order valence-electron chi connectivity index (χ3n) is 3.21. The largest absolute Gasteiger partial charge is 0.467 e. The second-order valence-electron chi connectivity index (χ2n) is 4.37. The first-order valence-corrected chi connectivity index (χ1v) is 5.96. The summed E-state index contributed by atoms with van der Waals surface area (Å²) in [4.78, 5) is 8.58. The first-order valence-electron chi connectivity index (χ1n) is 5.96. The predicted octanol–water partition coefficient (Wildman–Crippen LogP) is 0.638. The number of ether oxygens (including phenoxy) is 2. The molecule has 1 N–H and O–H groups in total. The van der Waals surface area contributed by atoms with Crippen molar-refractivity contribution in [2.45, 2.75) is 6.04 Å². The SMILES string of the molecule is COc1ncc2c(n1)c(C1COCCN1)cn2C. The Labute approximate surface area is 105 Å². The van der Waals surface area contributed by atoms with Crippen molar-refractivity contribution in [3.8, 4) is 6.01 Å². The lowest BCUT2D eigenvalue weighted by atomic mass is 10.1. The van der Waals surface area contributed by atoms with Crippen molar-refractivity contribution < 1.29 is 9.47 Å². The Balaban J connectivity index is 2.09. The molecule has 96 valence electrons. The normalized spacial score (nSPS) is 20.2. The van der Waals surface area contributed by atoms with E-state index in [4.69, 9.17) is 9.47 Å². The van der Waals surface area contributed by atoms with Gasteiger partial charge in [-0.2, -0.15) is 4.98 Å². The second kappa shape index (κ2) is 4.55. The van der Waals surface area contributed by atoms with Crippen molar-refractivity contribution in [3.05, 3.63) is 18.0 Å². The van der Waals surface area contributed by atoms with Gasteiger partial charge in [-0.25, -0.2) is 4.98 Å². The molecule has 0 spiro atoms. The highest BCUT2D eigenvalue weighted by atomic mass is 16.5. The van der Waals surface area contributed by atoms with Crippen molar-refractivity contribution >= 4 is 11.0 Å². The average molecular weight is 248 g/mol. The van der Waals surface area contributed by atoms with E-state index in [1.54, 1.807) is 13.3 Å². The van der Waals surface area contributed by atoms with Crippen LogP contribution in [0.4, 0.5) is 0 Å². The Bertz CT molecular complexity index is 560. The molecule has 1 saturated heterocycles. The molecule has 1 aliphatic heterocycles. The number of rotatable bonds is 2. The molecule has 18 heavy (non-hydrogen) atoms. The van der Waals surface area contributed by atoms with E-state index in [1.165, 1.54) is 0 Å². The Morgan fingerprint density at radius 1 is 1.56 bits per heavy atom. The quantitative estimate of drug-likeness (QED) is 0.845. The first kappa shape index (κ1) is 11.4. The lowest BCUT2D eigenvalue weighted by molar-refractivity contribution is 0.0772. The molecule has 1 unspecified atom stereocenters. The summed E-state index contributed by atoms with van der Waals surface area (Å²) >= 11 is 0. The summed E-state index contributed by atoms with van der Waals surface area (Å²) in [6, 6.07) is 0.578. The summed E-state index contributed by atoms with van der Waals surface area (Å²) in [6.07, 6.45) is 3.86. The van der Waals surface area contributed by atoms with Crippen LogP contribution in [0, 0.1) is 0 Å². The molecule has 1 fully saturated rings. The molecule has 0 radical (unpaired) electrons. The van der Waals surface area contributed by atoms with Crippen LogP contribution >= 0.6 is 0 Å². The minimum absolute atomic E-state index is 0.182. The molecule has 2 aromatic heterocycles. The molecule has 1 atom stereocenters. The Hall–Kier alpha value is -1.66. The molecule has 1 aliphatic rings. The van der Waals surface area contributed by atoms with Gasteiger partial charge >= 0.3 is 6.01 Å². The van der Waals surface area contributed by atoms with Gasteiger partial charge in [-0.15, -0.1) is 0 Å². The van der Waals surface area contributed by atoms with Crippen LogP contribution in [0.3, 0.4) is 0 Å². The van der Waals surface area contributed by atoms with Gasteiger partial charge in [0.25, 0.3) is 0 Å². The average Bonchev–Trinajstić information content (AvgIpc) is 2.76. The number of hydrogen-bond acceptors (Lipinski definition) is 5. The first-order chi connectivity index (χ1) is 8.79. The third kappa shape index (κ3) is 1.83. The highest BCUT2D eigenvalue weighted by Crippen LogP contribution is 2.26. The number of nitrogens with zero attached hydrogens (tertiary/aromatic N) is 3. The predicted molar refractivity (Wildman–Crippen MR) is 66.6 cm³/mol. The molecular formula is C12H16N4O2. The lowest BCUT2D eigenvalue weighted by Gasteiger charge is -2.23. The minimum atomic E-state index is 0.182. The van der Waals surface area contributed by atoms with E-state index in [-0.39, 0.29) is 6.04 Å². The number of morpholine rings is 1. The van der Waals surface area contributed by atoms with Gasteiger partial charge in [-0.1, -0.05) is 0 Å². The standard InChI is InChI=1S/C12H16N4O2/c1-16-6-8(9-7-18-4-3-13-9)11-10(16)5-14-12(15-11)17-2/h5-6,9,13H,3-4,7H2,1-2H3. The molecule has 3 rings (SSSR count). The summed E-state index contributed by atoms with van der Waals surface area (Å²) in [5.41, 5.74) is 3.05. The molecule has 6 nitrogen and oxygen atoms in total. The van der Waals surface area contributed by atoms with Crippen molar-refractivity contribution in [2.75, 3.05) is 26.9 Å². The van der Waals surface area contributed by atoms with Crippen molar-refractivity contribution in [3.63, 3.8) is 0 Å². The highest BCUT2D eigenvalue weighted by molar-refractivity contribution is 5.79. The van der Waals surface area contributed by atoms with Crippen LogP contribution < -0.4 is 10.1 Å². The Kier molecular flexibility index (Phi) is 2.89. The highest BCUT2D eigenvalue weighted by Gasteiger charge is 2.21. The fourth-order valence-electron chi connectivity index (χ4n) is 2.29. The van der Waals surface area contributed by atoms with E-state index in [0.29, 0.717) is 12.6 Å². The Morgan fingerprint density at radius 3 is 3.17 bits per heavy atom. The zero-order chi connectivity index (χ0) is 12.5. The molecule has 0 bridgehead atoms. The summed E-state index contributed by atoms with van der Waals surface area (Å²) in [5, 5.41) is 3.44. The summed E-state index contributed by atoms with van der Waals surface area (Å²) in [6.45, 7) is 2.30. The topological polar surface area (TPSA) is 61.2 Å². The van der Waals surface area contributed by atoms with Crippen LogP contribution in [0.2, 0.25) is 0 Å². The number of hydrogen-bond donors (Lipinski definition) is 1. The van der Waals surface area contributed by atoms with Crippen molar-refractivity contribution in [1.29, 1.82) is 0 Å². The van der Waals surface area contributed by atoms with Gasteiger partial charge in [-0.3, -0.25) is 0 Å². The third-order valence-corrected chi connectivity index (χ3v) is 3.21. The number of fused-ring (bicyclic) bond motifs is 1. The maximum atomic E-state index is 5.50. The van der Waals surface area contributed by atoms with E-state index >= 15 is 0 Å². The molecule has 0 aromatic carbocycles. The van der Waals surface area contributed by atoms with Gasteiger partial charge in [0.05, 0.1) is 38.1 Å². The van der Waals surface area contributed by atoms with Gasteiger partial charge < -0.3 is 19.4 Å². The van der Waals surface area contributed by atoms with Crippen LogP contribution in [-0.2, 0) is 11.8 Å². The van der Waals surface area contributed by atoms with E-state index in [9.17, 15) is 0 Å². The van der Waals surface area contributed by atoms with E-state index in [0.717, 1.165) is 29.7 Å². The van der Waals surface area contributed by atoms with Gasteiger partial charge in [0.2, 0.25) is 0 Å². The summed E-state index contributed by atoms with van der Waals surface area (Å²) < 4.78 is 12.6. The molecule has 6 heteroatoms. The zero-order valence-corrected chi connectivity index (χ0v) is 10.5. The Morgan fingerprint density at radius 2 is 2.44 bits per heavy atom. The van der Waals surface area contributed by atoms with E-state index in [2.05, 4.69) is 21.5 Å². The second-order valence-corrected chi connectivity index (χ2v) is 4.37. The van der Waals surface area contributed by atoms with Crippen LogP contribution in [0.5, 0.6) is 6.01 Å². The van der Waals surface area contributed by atoms with Gasteiger partial charge in [-0.05, 0) is 0 Å². The molecule has 0 saturated carbocycles. The summed E-state index contributed by atoms with van der Waals surface area (Å²) in [7, 11) is 3.57. The fraction of sp³-hybridized carbons (Fsp3) is 0.500. The molecular weight excluding hydrogens is 232 g/mol. The molecule has 0 aliphatic carbocycles. The van der Waals surface area contributed by atoms with Crippen LogP contribution in [-0.4, -0.2) is 41.4 Å². The molecule has 3 heterocycles. The number of nitrogens with one attached hydrogen (secondary N) is 1. The number of methoxy groups -OCH3 is 1. The fourth-order valence-corrected chi connectivity index (χ4v) is 2.29. The maximum Gasteiger partial charge on any atom is 0.316 e. The van der Waals surface area contributed by atoms with Crippen LogP contribution in [0.1, 0.15) is 11.6 Å². The summed E-state index contributed by atoms with van der Waals surface area (Å²) in [5.74, 6) is 0. The number of aryl methyl sites for hydroxylation is 1. The van der Waals surface area contributed by atoms with Crippen molar-refractivity contribution in [2.24, 2.45) is 7.05 Å². The monoisotopic (exact) mass is 248 g/mol. The molecule has 2 aromatic rings. The maximum absolute atomic E-state index is 5.50. The molecule has 0 amide bonds. The minimum Gasteiger partial charge on any atom is -0.467 e. The van der Waals surface area contributed by atoms with Gasteiger partial charge in [0.1, 0.15) is 5.52 Å². The van der Waals surface area contributed by atoms with Crippen LogP contribution in [0.15, 0.2) is 12.4 Å². The number of aromatic nitrogens is 3. The van der Waals surface area contributed by atoms with E-state index in [1.807, 2.05) is 11.6 Å².